The van der Waals surface area contributed by atoms with Gasteiger partial charge >= 0.3 is 5.97 Å². The molecule has 0 saturated heterocycles. The first kappa shape index (κ1) is 25.1. The number of ether oxygens (including phenoxy) is 1. The van der Waals surface area contributed by atoms with Crippen LogP contribution in [-0.4, -0.2) is 45.6 Å². The van der Waals surface area contributed by atoms with E-state index in [0.29, 0.717) is 28.8 Å². The summed E-state index contributed by atoms with van der Waals surface area (Å²) >= 11 is 0. The number of carboxylic acids is 1. The van der Waals surface area contributed by atoms with E-state index in [9.17, 15) is 14.7 Å². The van der Waals surface area contributed by atoms with Gasteiger partial charge in [0, 0.05) is 31.5 Å². The van der Waals surface area contributed by atoms with E-state index in [1.165, 1.54) is 20.2 Å². The van der Waals surface area contributed by atoms with Crippen LogP contribution in [0.3, 0.4) is 0 Å². The number of aromatic nitrogens is 2. The van der Waals surface area contributed by atoms with Gasteiger partial charge in [0.2, 0.25) is 5.91 Å². The summed E-state index contributed by atoms with van der Waals surface area (Å²) in [4.78, 5) is 34.4. The molecule has 1 aromatic carbocycles. The largest absolute Gasteiger partial charge is 0.478 e. The molecule has 1 amide bonds. The van der Waals surface area contributed by atoms with E-state index in [4.69, 9.17) is 4.74 Å². The highest BCUT2D eigenvalue weighted by molar-refractivity contribution is 5.96. The standard InChI is InChI=1S/C24H34N4O4/c1-16(2)13-28(14-17(3)4)21-8-7-19(32-24(5,6)23(30)31)10-20(21)27-22(29)9-18-11-25-15-26-12-18/h7-8,10-12,15-17H,9,13-14H2,1-6H3,(H,27,29)(H,30,31). The minimum atomic E-state index is -1.40. The van der Waals surface area contributed by atoms with Crippen molar-refractivity contribution in [3.05, 3.63) is 42.5 Å². The molecule has 8 heteroatoms. The van der Waals surface area contributed by atoms with Crippen molar-refractivity contribution in [3.8, 4) is 5.75 Å². The quantitative estimate of drug-likeness (QED) is 0.541. The Kier molecular flexibility index (Phi) is 8.57. The number of benzene rings is 1. The van der Waals surface area contributed by atoms with Crippen LogP contribution in [0.25, 0.3) is 0 Å². The number of nitrogens with one attached hydrogen (secondary N) is 1. The Hall–Kier alpha value is -3.16. The number of rotatable bonds is 11. The smallest absolute Gasteiger partial charge is 0.347 e. The fourth-order valence-corrected chi connectivity index (χ4v) is 3.25. The molecule has 0 aliphatic rings. The Morgan fingerprint density at radius 2 is 1.69 bits per heavy atom. The zero-order chi connectivity index (χ0) is 23.9. The van der Waals surface area contributed by atoms with Crippen LogP contribution in [0.4, 0.5) is 11.4 Å². The van der Waals surface area contributed by atoms with Gasteiger partial charge in [-0.05, 0) is 43.4 Å². The van der Waals surface area contributed by atoms with Crippen molar-refractivity contribution in [1.29, 1.82) is 0 Å². The Morgan fingerprint density at radius 3 is 2.22 bits per heavy atom. The molecule has 2 rings (SSSR count). The molecule has 0 bridgehead atoms. The highest BCUT2D eigenvalue weighted by Crippen LogP contribution is 2.33. The Balaban J connectivity index is 2.39. The number of amides is 1. The van der Waals surface area contributed by atoms with Crippen molar-refractivity contribution in [2.24, 2.45) is 11.8 Å². The van der Waals surface area contributed by atoms with E-state index in [1.54, 1.807) is 24.5 Å². The zero-order valence-electron chi connectivity index (χ0n) is 19.8. The van der Waals surface area contributed by atoms with Crippen LogP contribution in [0.5, 0.6) is 5.75 Å². The molecule has 0 spiro atoms. The van der Waals surface area contributed by atoms with Crippen LogP contribution in [0.2, 0.25) is 0 Å². The maximum atomic E-state index is 12.8. The van der Waals surface area contributed by atoms with Crippen molar-refractivity contribution in [2.45, 2.75) is 53.6 Å². The summed E-state index contributed by atoms with van der Waals surface area (Å²) in [6.45, 7) is 13.2. The zero-order valence-corrected chi connectivity index (χ0v) is 19.8. The van der Waals surface area contributed by atoms with Gasteiger partial charge in [0.05, 0.1) is 17.8 Å². The van der Waals surface area contributed by atoms with E-state index in [0.717, 1.165) is 18.8 Å². The summed E-state index contributed by atoms with van der Waals surface area (Å²) in [5.41, 5.74) is 0.740. The number of anilines is 2. The van der Waals surface area contributed by atoms with Crippen LogP contribution in [-0.2, 0) is 16.0 Å². The fourth-order valence-electron chi connectivity index (χ4n) is 3.25. The molecule has 32 heavy (non-hydrogen) atoms. The Morgan fingerprint density at radius 1 is 1.09 bits per heavy atom. The molecule has 0 radical (unpaired) electrons. The molecule has 0 aliphatic carbocycles. The minimum Gasteiger partial charge on any atom is -0.478 e. The number of carbonyl (C=O) groups is 2. The molecular formula is C24H34N4O4. The fraction of sp³-hybridized carbons (Fsp3) is 0.500. The lowest BCUT2D eigenvalue weighted by molar-refractivity contribution is -0.152. The predicted molar refractivity (Wildman–Crippen MR) is 125 cm³/mol. The topological polar surface area (TPSA) is 105 Å². The highest BCUT2D eigenvalue weighted by Gasteiger charge is 2.30. The Bertz CT molecular complexity index is 903. The molecular weight excluding hydrogens is 408 g/mol. The third kappa shape index (κ3) is 7.51. The van der Waals surface area contributed by atoms with E-state index in [1.807, 2.05) is 6.07 Å². The molecule has 0 saturated carbocycles. The third-order valence-corrected chi connectivity index (χ3v) is 4.62. The van der Waals surface area contributed by atoms with E-state index < -0.39 is 11.6 Å². The summed E-state index contributed by atoms with van der Waals surface area (Å²) in [5.74, 6) is -0.0861. The van der Waals surface area contributed by atoms with Crippen molar-refractivity contribution >= 4 is 23.3 Å². The molecule has 2 N–H and O–H groups in total. The van der Waals surface area contributed by atoms with Gasteiger partial charge < -0.3 is 20.1 Å². The van der Waals surface area contributed by atoms with E-state index in [-0.39, 0.29) is 12.3 Å². The van der Waals surface area contributed by atoms with Crippen LogP contribution in [0.15, 0.2) is 36.9 Å². The number of aliphatic carboxylic acids is 1. The second-order valence-electron chi connectivity index (χ2n) is 9.26. The maximum absolute atomic E-state index is 12.8. The van der Waals surface area contributed by atoms with Crippen molar-refractivity contribution in [3.63, 3.8) is 0 Å². The van der Waals surface area contributed by atoms with Gasteiger partial charge in [-0.3, -0.25) is 4.79 Å². The average Bonchev–Trinajstić information content (AvgIpc) is 2.67. The second kappa shape index (κ2) is 10.9. The lowest BCUT2D eigenvalue weighted by atomic mass is 10.1. The summed E-state index contributed by atoms with van der Waals surface area (Å²) in [6.07, 6.45) is 4.75. The van der Waals surface area contributed by atoms with Gasteiger partial charge in [-0.15, -0.1) is 0 Å². The van der Waals surface area contributed by atoms with Gasteiger partial charge in [0.25, 0.3) is 0 Å². The first-order valence-corrected chi connectivity index (χ1v) is 10.8. The number of carbonyl (C=O) groups excluding carboxylic acids is 1. The van der Waals surface area contributed by atoms with Crippen LogP contribution in [0.1, 0.15) is 47.1 Å². The first-order valence-electron chi connectivity index (χ1n) is 10.8. The van der Waals surface area contributed by atoms with Crippen LogP contribution in [0, 0.1) is 11.8 Å². The molecule has 0 unspecified atom stereocenters. The SMILES string of the molecule is CC(C)CN(CC(C)C)c1ccc(OC(C)(C)C(=O)O)cc1NC(=O)Cc1cncnc1. The molecule has 0 aliphatic heterocycles. The second-order valence-corrected chi connectivity index (χ2v) is 9.26. The molecule has 2 aromatic rings. The minimum absolute atomic E-state index is 0.125. The summed E-state index contributed by atoms with van der Waals surface area (Å²) in [7, 11) is 0. The van der Waals surface area contributed by atoms with Gasteiger partial charge in [0.1, 0.15) is 12.1 Å². The van der Waals surface area contributed by atoms with Crippen molar-refractivity contribution in [2.75, 3.05) is 23.3 Å². The van der Waals surface area contributed by atoms with Gasteiger partial charge in [-0.1, -0.05) is 27.7 Å². The van der Waals surface area contributed by atoms with E-state index in [2.05, 4.69) is 47.9 Å². The number of nitrogens with zero attached hydrogens (tertiary/aromatic N) is 3. The normalized spacial score (nSPS) is 11.5. The third-order valence-electron chi connectivity index (χ3n) is 4.62. The first-order chi connectivity index (χ1) is 15.0. The monoisotopic (exact) mass is 442 g/mol. The van der Waals surface area contributed by atoms with Gasteiger partial charge in [0.15, 0.2) is 5.60 Å². The molecule has 0 atom stereocenters. The predicted octanol–water partition coefficient (Wildman–Crippen LogP) is 4.02. The Labute approximate surface area is 190 Å². The highest BCUT2D eigenvalue weighted by atomic mass is 16.5. The van der Waals surface area contributed by atoms with Crippen LogP contribution < -0.4 is 15.0 Å². The number of hydrogen-bond donors (Lipinski definition) is 2. The lowest BCUT2D eigenvalue weighted by Gasteiger charge is -2.31. The van der Waals surface area contributed by atoms with Crippen molar-refractivity contribution in [1.82, 2.24) is 9.97 Å². The van der Waals surface area contributed by atoms with Gasteiger partial charge in [-0.2, -0.15) is 0 Å². The lowest BCUT2D eigenvalue weighted by Crippen LogP contribution is -2.38. The van der Waals surface area contributed by atoms with Crippen LogP contribution >= 0.6 is 0 Å². The summed E-state index contributed by atoms with van der Waals surface area (Å²) in [6, 6.07) is 5.31. The molecule has 8 nitrogen and oxygen atoms in total. The molecule has 1 aromatic heterocycles. The molecule has 1 heterocycles. The van der Waals surface area contributed by atoms with E-state index >= 15 is 0 Å². The number of hydrogen-bond acceptors (Lipinski definition) is 6. The average molecular weight is 443 g/mol. The molecule has 174 valence electrons. The molecule has 0 fully saturated rings. The summed E-state index contributed by atoms with van der Waals surface area (Å²) < 4.78 is 5.71. The maximum Gasteiger partial charge on any atom is 0.347 e. The van der Waals surface area contributed by atoms with Crippen molar-refractivity contribution < 1.29 is 19.4 Å². The van der Waals surface area contributed by atoms with Gasteiger partial charge in [-0.25, -0.2) is 14.8 Å². The summed E-state index contributed by atoms with van der Waals surface area (Å²) in [5, 5.41) is 12.4. The number of carboxylic acid groups (broad SMARTS) is 1.